The molecule has 0 radical (unpaired) electrons. The largest absolute Gasteiger partial charge is 0.338 e. The smallest absolute Gasteiger partial charge is 0.266 e. The lowest BCUT2D eigenvalue weighted by Gasteiger charge is -2.10. The Bertz CT molecular complexity index is 320. The fourth-order valence-electron chi connectivity index (χ4n) is 2.07. The van der Waals surface area contributed by atoms with Crippen LogP contribution in [0, 0.1) is 0 Å². The first kappa shape index (κ1) is 11.4. The first-order valence-electron chi connectivity index (χ1n) is 6.12. The summed E-state index contributed by atoms with van der Waals surface area (Å²) in [4.78, 5) is 6.55. The van der Waals surface area contributed by atoms with Gasteiger partial charge in [-0.15, -0.1) is 0 Å². The molecule has 0 bridgehead atoms. The molecule has 0 aromatic carbocycles. The molecular formula is C11H20N4O. The van der Waals surface area contributed by atoms with Gasteiger partial charge in [0.1, 0.15) is 0 Å². The zero-order chi connectivity index (χ0) is 11.4. The number of nitrogens with two attached hydrogens (primary N) is 1. The van der Waals surface area contributed by atoms with Gasteiger partial charge in [0, 0.05) is 25.6 Å². The minimum absolute atomic E-state index is 0.136. The van der Waals surface area contributed by atoms with Crippen LogP contribution >= 0.6 is 0 Å². The van der Waals surface area contributed by atoms with E-state index >= 15 is 0 Å². The van der Waals surface area contributed by atoms with E-state index in [0.717, 1.165) is 31.9 Å². The van der Waals surface area contributed by atoms with Crippen molar-refractivity contribution in [3.63, 3.8) is 0 Å². The molecule has 90 valence electrons. The third kappa shape index (κ3) is 2.72. The van der Waals surface area contributed by atoms with E-state index in [1.165, 1.54) is 12.8 Å². The highest BCUT2D eigenvalue weighted by molar-refractivity contribution is 5.28. The number of aromatic nitrogens is 2. The summed E-state index contributed by atoms with van der Waals surface area (Å²) in [6, 6.07) is 0.136. The molecule has 1 aromatic rings. The Hall–Kier alpha value is -1.10. The molecule has 1 fully saturated rings. The lowest BCUT2D eigenvalue weighted by Crippen LogP contribution is -2.23. The SMILES string of the molecule is CCCC(N)Cc1nc(N2CCCC2)no1. The van der Waals surface area contributed by atoms with E-state index in [0.29, 0.717) is 12.3 Å². The standard InChI is InChI=1S/C11H20N4O/c1-2-5-9(12)8-10-13-11(14-16-10)15-6-3-4-7-15/h9H,2-8,12H2,1H3. The molecule has 1 aliphatic rings. The van der Waals surface area contributed by atoms with Crippen LogP contribution in [0.4, 0.5) is 5.95 Å². The summed E-state index contributed by atoms with van der Waals surface area (Å²) in [6.45, 7) is 4.21. The predicted octanol–water partition coefficient (Wildman–Crippen LogP) is 1.34. The van der Waals surface area contributed by atoms with Crippen molar-refractivity contribution in [3.8, 4) is 0 Å². The van der Waals surface area contributed by atoms with E-state index in [-0.39, 0.29) is 6.04 Å². The average molecular weight is 224 g/mol. The molecule has 0 aliphatic carbocycles. The Morgan fingerprint density at radius 3 is 2.88 bits per heavy atom. The zero-order valence-corrected chi connectivity index (χ0v) is 9.85. The summed E-state index contributed by atoms with van der Waals surface area (Å²) in [7, 11) is 0. The lowest BCUT2D eigenvalue weighted by atomic mass is 10.1. The van der Waals surface area contributed by atoms with Crippen LogP contribution in [-0.4, -0.2) is 29.3 Å². The second-order valence-electron chi connectivity index (χ2n) is 4.44. The van der Waals surface area contributed by atoms with Crippen LogP contribution in [0.15, 0.2) is 4.52 Å². The summed E-state index contributed by atoms with van der Waals surface area (Å²) in [6.07, 6.45) is 5.23. The second kappa shape index (κ2) is 5.30. The molecule has 0 spiro atoms. The van der Waals surface area contributed by atoms with Crippen LogP contribution in [0.25, 0.3) is 0 Å². The van der Waals surface area contributed by atoms with Crippen molar-refractivity contribution in [1.29, 1.82) is 0 Å². The van der Waals surface area contributed by atoms with Gasteiger partial charge in [0.25, 0.3) is 5.95 Å². The van der Waals surface area contributed by atoms with Crippen LogP contribution in [0.5, 0.6) is 0 Å². The summed E-state index contributed by atoms with van der Waals surface area (Å²) in [5.74, 6) is 1.40. The third-order valence-electron chi connectivity index (χ3n) is 2.94. The summed E-state index contributed by atoms with van der Waals surface area (Å²) in [5.41, 5.74) is 5.94. The number of rotatable bonds is 5. The minimum atomic E-state index is 0.136. The van der Waals surface area contributed by atoms with Gasteiger partial charge in [0.05, 0.1) is 0 Å². The van der Waals surface area contributed by atoms with Gasteiger partial charge in [0.2, 0.25) is 5.89 Å². The first-order chi connectivity index (χ1) is 7.79. The molecule has 5 heteroatoms. The number of hydrogen-bond donors (Lipinski definition) is 1. The first-order valence-corrected chi connectivity index (χ1v) is 6.12. The Labute approximate surface area is 96.0 Å². The third-order valence-corrected chi connectivity index (χ3v) is 2.94. The van der Waals surface area contributed by atoms with Crippen molar-refractivity contribution in [2.45, 2.75) is 45.1 Å². The molecule has 0 saturated carbocycles. The molecule has 1 aromatic heterocycles. The van der Waals surface area contributed by atoms with E-state index in [1.54, 1.807) is 0 Å². The van der Waals surface area contributed by atoms with Gasteiger partial charge in [-0.2, -0.15) is 4.98 Å². The highest BCUT2D eigenvalue weighted by Crippen LogP contribution is 2.16. The summed E-state index contributed by atoms with van der Waals surface area (Å²) in [5, 5.41) is 4.00. The molecule has 5 nitrogen and oxygen atoms in total. The van der Waals surface area contributed by atoms with Gasteiger partial charge < -0.3 is 15.2 Å². The highest BCUT2D eigenvalue weighted by Gasteiger charge is 2.18. The Kier molecular flexibility index (Phi) is 3.77. The van der Waals surface area contributed by atoms with Crippen LogP contribution < -0.4 is 10.6 Å². The Balaban J connectivity index is 1.91. The highest BCUT2D eigenvalue weighted by atomic mass is 16.5. The van der Waals surface area contributed by atoms with Crippen molar-refractivity contribution in [2.75, 3.05) is 18.0 Å². The number of hydrogen-bond acceptors (Lipinski definition) is 5. The van der Waals surface area contributed by atoms with Gasteiger partial charge in [-0.05, 0) is 24.4 Å². The van der Waals surface area contributed by atoms with Crippen molar-refractivity contribution in [3.05, 3.63) is 5.89 Å². The second-order valence-corrected chi connectivity index (χ2v) is 4.44. The van der Waals surface area contributed by atoms with Gasteiger partial charge in [0.15, 0.2) is 0 Å². The van der Waals surface area contributed by atoms with Crippen molar-refractivity contribution < 1.29 is 4.52 Å². The molecular weight excluding hydrogens is 204 g/mol. The van der Waals surface area contributed by atoms with E-state index in [2.05, 4.69) is 22.0 Å². The molecule has 16 heavy (non-hydrogen) atoms. The molecule has 1 aliphatic heterocycles. The molecule has 2 heterocycles. The van der Waals surface area contributed by atoms with E-state index < -0.39 is 0 Å². The van der Waals surface area contributed by atoms with Gasteiger partial charge in [-0.3, -0.25) is 0 Å². The lowest BCUT2D eigenvalue weighted by molar-refractivity contribution is 0.365. The molecule has 0 amide bonds. The van der Waals surface area contributed by atoms with Crippen molar-refractivity contribution >= 4 is 5.95 Å². The van der Waals surface area contributed by atoms with Gasteiger partial charge in [-0.1, -0.05) is 13.3 Å². The van der Waals surface area contributed by atoms with Crippen LogP contribution in [0.2, 0.25) is 0 Å². The molecule has 1 unspecified atom stereocenters. The average Bonchev–Trinajstić information content (AvgIpc) is 2.86. The maximum absolute atomic E-state index is 5.94. The van der Waals surface area contributed by atoms with Crippen LogP contribution in [0.3, 0.4) is 0 Å². The Morgan fingerprint density at radius 2 is 2.19 bits per heavy atom. The minimum Gasteiger partial charge on any atom is -0.338 e. The monoisotopic (exact) mass is 224 g/mol. The summed E-state index contributed by atoms with van der Waals surface area (Å²) < 4.78 is 5.21. The fourth-order valence-corrected chi connectivity index (χ4v) is 2.07. The summed E-state index contributed by atoms with van der Waals surface area (Å²) >= 11 is 0. The normalized spacial score (nSPS) is 18.0. The molecule has 2 rings (SSSR count). The van der Waals surface area contributed by atoms with Crippen molar-refractivity contribution in [2.24, 2.45) is 5.73 Å². The molecule has 1 atom stereocenters. The van der Waals surface area contributed by atoms with E-state index in [9.17, 15) is 0 Å². The quantitative estimate of drug-likeness (QED) is 0.817. The number of nitrogens with zero attached hydrogens (tertiary/aromatic N) is 3. The number of anilines is 1. The van der Waals surface area contributed by atoms with Crippen molar-refractivity contribution in [1.82, 2.24) is 10.1 Å². The zero-order valence-electron chi connectivity index (χ0n) is 9.85. The fraction of sp³-hybridized carbons (Fsp3) is 0.818. The van der Waals surface area contributed by atoms with E-state index in [4.69, 9.17) is 10.3 Å². The van der Waals surface area contributed by atoms with E-state index in [1.807, 2.05) is 0 Å². The maximum Gasteiger partial charge on any atom is 0.266 e. The maximum atomic E-state index is 5.94. The van der Waals surface area contributed by atoms with Gasteiger partial charge >= 0.3 is 0 Å². The van der Waals surface area contributed by atoms with Crippen LogP contribution in [0.1, 0.15) is 38.5 Å². The molecule has 1 saturated heterocycles. The topological polar surface area (TPSA) is 68.2 Å². The van der Waals surface area contributed by atoms with Gasteiger partial charge in [-0.25, -0.2) is 0 Å². The molecule has 2 N–H and O–H groups in total. The predicted molar refractivity (Wildman–Crippen MR) is 62.3 cm³/mol. The Morgan fingerprint density at radius 1 is 1.44 bits per heavy atom. The van der Waals surface area contributed by atoms with Crippen LogP contribution in [-0.2, 0) is 6.42 Å².